The van der Waals surface area contributed by atoms with Crippen LogP contribution in [0.5, 0.6) is 5.88 Å². The van der Waals surface area contributed by atoms with Gasteiger partial charge in [-0.15, -0.1) is 0 Å². The maximum absolute atomic E-state index is 5.60. The molecule has 0 radical (unpaired) electrons. The SMILES string of the molecule is Cc1cccc2c(OCC(C)N)noc12. The number of rotatable bonds is 3. The smallest absolute Gasteiger partial charge is 0.262 e. The average molecular weight is 206 g/mol. The molecule has 0 aliphatic heterocycles. The van der Waals surface area contributed by atoms with Gasteiger partial charge in [-0.3, -0.25) is 0 Å². The van der Waals surface area contributed by atoms with E-state index in [9.17, 15) is 0 Å². The van der Waals surface area contributed by atoms with Gasteiger partial charge in [0.15, 0.2) is 5.58 Å². The Morgan fingerprint density at radius 3 is 3.07 bits per heavy atom. The molecule has 2 N–H and O–H groups in total. The van der Waals surface area contributed by atoms with Crippen molar-refractivity contribution in [2.24, 2.45) is 5.73 Å². The van der Waals surface area contributed by atoms with Crippen LogP contribution < -0.4 is 10.5 Å². The Bertz CT molecular complexity index is 463. The summed E-state index contributed by atoms with van der Waals surface area (Å²) in [5.74, 6) is 0.519. The molecule has 1 atom stereocenters. The standard InChI is InChI=1S/C11H14N2O2/c1-7-4-3-5-9-10(7)15-13-11(9)14-6-8(2)12/h3-5,8H,6,12H2,1-2H3. The molecule has 2 rings (SSSR count). The lowest BCUT2D eigenvalue weighted by Gasteiger charge is -2.04. The number of benzene rings is 1. The minimum atomic E-state index is -0.0124. The van der Waals surface area contributed by atoms with Gasteiger partial charge in [0.05, 0.1) is 5.39 Å². The number of hydrogen-bond acceptors (Lipinski definition) is 4. The molecule has 0 saturated carbocycles. The third-order valence-corrected chi connectivity index (χ3v) is 2.15. The summed E-state index contributed by atoms with van der Waals surface area (Å²) < 4.78 is 10.6. The van der Waals surface area contributed by atoms with Crippen LogP contribution in [0.4, 0.5) is 0 Å². The van der Waals surface area contributed by atoms with E-state index in [2.05, 4.69) is 5.16 Å². The summed E-state index contributed by atoms with van der Waals surface area (Å²) in [5.41, 5.74) is 7.43. The number of ether oxygens (including phenoxy) is 1. The van der Waals surface area contributed by atoms with Crippen molar-refractivity contribution in [3.8, 4) is 5.88 Å². The molecule has 0 spiro atoms. The molecule has 1 heterocycles. The summed E-state index contributed by atoms with van der Waals surface area (Å²) in [6.45, 7) is 4.30. The van der Waals surface area contributed by atoms with E-state index in [4.69, 9.17) is 15.0 Å². The van der Waals surface area contributed by atoms with Gasteiger partial charge in [-0.25, -0.2) is 0 Å². The number of hydrogen-bond donors (Lipinski definition) is 1. The van der Waals surface area contributed by atoms with Gasteiger partial charge in [-0.2, -0.15) is 0 Å². The van der Waals surface area contributed by atoms with Gasteiger partial charge in [-0.1, -0.05) is 12.1 Å². The molecular weight excluding hydrogens is 192 g/mol. The monoisotopic (exact) mass is 206 g/mol. The van der Waals surface area contributed by atoms with Crippen molar-refractivity contribution in [3.63, 3.8) is 0 Å². The van der Waals surface area contributed by atoms with Crippen LogP contribution in [0.25, 0.3) is 11.0 Å². The van der Waals surface area contributed by atoms with E-state index in [-0.39, 0.29) is 6.04 Å². The quantitative estimate of drug-likeness (QED) is 0.832. The summed E-state index contributed by atoms with van der Waals surface area (Å²) in [4.78, 5) is 0. The van der Waals surface area contributed by atoms with Gasteiger partial charge in [0.25, 0.3) is 5.88 Å². The van der Waals surface area contributed by atoms with E-state index in [1.165, 1.54) is 0 Å². The van der Waals surface area contributed by atoms with E-state index in [1.807, 2.05) is 32.0 Å². The van der Waals surface area contributed by atoms with Crippen LogP contribution in [0.15, 0.2) is 22.7 Å². The Balaban J connectivity index is 2.33. The summed E-state index contributed by atoms with van der Waals surface area (Å²) in [6.07, 6.45) is 0. The Hall–Kier alpha value is -1.55. The molecule has 0 fully saturated rings. The molecule has 2 aromatic rings. The van der Waals surface area contributed by atoms with Crippen LogP contribution in [0, 0.1) is 6.92 Å². The molecule has 4 heteroatoms. The first-order valence-corrected chi connectivity index (χ1v) is 4.92. The number of para-hydroxylation sites is 1. The van der Waals surface area contributed by atoms with Crippen molar-refractivity contribution in [1.82, 2.24) is 5.16 Å². The molecular formula is C11H14N2O2. The van der Waals surface area contributed by atoms with Crippen molar-refractivity contribution in [2.75, 3.05) is 6.61 Å². The van der Waals surface area contributed by atoms with Crippen LogP contribution in [-0.4, -0.2) is 17.8 Å². The minimum Gasteiger partial charge on any atom is -0.473 e. The fourth-order valence-electron chi connectivity index (χ4n) is 1.39. The first-order chi connectivity index (χ1) is 7.18. The zero-order chi connectivity index (χ0) is 10.8. The van der Waals surface area contributed by atoms with Crippen LogP contribution in [-0.2, 0) is 0 Å². The fourth-order valence-corrected chi connectivity index (χ4v) is 1.39. The Kier molecular flexibility index (Phi) is 2.60. The molecule has 0 aliphatic rings. The van der Waals surface area contributed by atoms with Crippen LogP contribution in [0.3, 0.4) is 0 Å². The number of aromatic nitrogens is 1. The molecule has 0 aliphatic carbocycles. The van der Waals surface area contributed by atoms with E-state index >= 15 is 0 Å². The van der Waals surface area contributed by atoms with Gasteiger partial charge in [-0.05, 0) is 30.6 Å². The van der Waals surface area contributed by atoms with E-state index in [1.54, 1.807) is 0 Å². The summed E-state index contributed by atoms with van der Waals surface area (Å²) >= 11 is 0. The third-order valence-electron chi connectivity index (χ3n) is 2.15. The van der Waals surface area contributed by atoms with Gasteiger partial charge in [0.1, 0.15) is 6.61 Å². The highest BCUT2D eigenvalue weighted by Gasteiger charge is 2.10. The lowest BCUT2D eigenvalue weighted by Crippen LogP contribution is -2.23. The number of nitrogens with zero attached hydrogens (tertiary/aromatic N) is 1. The first-order valence-electron chi connectivity index (χ1n) is 4.92. The van der Waals surface area contributed by atoms with Crippen LogP contribution in [0.2, 0.25) is 0 Å². The van der Waals surface area contributed by atoms with E-state index < -0.39 is 0 Å². The van der Waals surface area contributed by atoms with Gasteiger partial charge < -0.3 is 15.0 Å². The minimum absolute atomic E-state index is 0.0124. The topological polar surface area (TPSA) is 61.3 Å². The lowest BCUT2D eigenvalue weighted by atomic mass is 10.2. The van der Waals surface area contributed by atoms with E-state index in [0.29, 0.717) is 12.5 Å². The number of aryl methyl sites for hydroxylation is 1. The molecule has 1 aromatic heterocycles. The number of fused-ring (bicyclic) bond motifs is 1. The van der Waals surface area contributed by atoms with Crippen LogP contribution in [0.1, 0.15) is 12.5 Å². The molecule has 0 saturated heterocycles. The van der Waals surface area contributed by atoms with E-state index in [0.717, 1.165) is 16.5 Å². The highest BCUT2D eigenvalue weighted by Crippen LogP contribution is 2.26. The maximum Gasteiger partial charge on any atom is 0.262 e. The number of nitrogens with two attached hydrogens (primary N) is 1. The second-order valence-corrected chi connectivity index (χ2v) is 3.73. The highest BCUT2D eigenvalue weighted by atomic mass is 16.5. The predicted molar refractivity (Wildman–Crippen MR) is 57.9 cm³/mol. The molecule has 1 unspecified atom stereocenters. The normalized spacial score (nSPS) is 13.0. The molecule has 0 amide bonds. The Morgan fingerprint density at radius 1 is 1.53 bits per heavy atom. The molecule has 0 bridgehead atoms. The summed E-state index contributed by atoms with van der Waals surface area (Å²) in [7, 11) is 0. The van der Waals surface area contributed by atoms with Crippen molar-refractivity contribution in [3.05, 3.63) is 23.8 Å². The summed E-state index contributed by atoms with van der Waals surface area (Å²) in [5, 5.41) is 4.77. The predicted octanol–water partition coefficient (Wildman–Crippen LogP) is 1.86. The largest absolute Gasteiger partial charge is 0.473 e. The fraction of sp³-hybridized carbons (Fsp3) is 0.364. The maximum atomic E-state index is 5.60. The lowest BCUT2D eigenvalue weighted by molar-refractivity contribution is 0.268. The van der Waals surface area contributed by atoms with Crippen molar-refractivity contribution >= 4 is 11.0 Å². The third kappa shape index (κ3) is 1.94. The average Bonchev–Trinajstić information content (AvgIpc) is 2.59. The van der Waals surface area contributed by atoms with Gasteiger partial charge in [0, 0.05) is 6.04 Å². The molecule has 1 aromatic carbocycles. The zero-order valence-corrected chi connectivity index (χ0v) is 8.86. The summed E-state index contributed by atoms with van der Waals surface area (Å²) in [6, 6.07) is 5.84. The van der Waals surface area contributed by atoms with Crippen molar-refractivity contribution in [1.29, 1.82) is 0 Å². The Labute approximate surface area is 88.0 Å². The second kappa shape index (κ2) is 3.90. The Morgan fingerprint density at radius 2 is 2.33 bits per heavy atom. The molecule has 80 valence electrons. The first kappa shape index (κ1) is 9.98. The highest BCUT2D eigenvalue weighted by molar-refractivity contribution is 5.84. The molecule has 15 heavy (non-hydrogen) atoms. The molecule has 4 nitrogen and oxygen atoms in total. The van der Waals surface area contributed by atoms with Crippen LogP contribution >= 0.6 is 0 Å². The van der Waals surface area contributed by atoms with Gasteiger partial charge in [0.2, 0.25) is 0 Å². The van der Waals surface area contributed by atoms with Crippen molar-refractivity contribution in [2.45, 2.75) is 19.9 Å². The van der Waals surface area contributed by atoms with Crippen molar-refractivity contribution < 1.29 is 9.26 Å². The second-order valence-electron chi connectivity index (χ2n) is 3.73. The zero-order valence-electron chi connectivity index (χ0n) is 8.86. The van der Waals surface area contributed by atoms with Gasteiger partial charge >= 0.3 is 0 Å².